The molecule has 2 aromatic carbocycles. The number of benzene rings is 2. The van der Waals surface area contributed by atoms with E-state index < -0.39 is 47.8 Å². The molecule has 1 atom stereocenters. The van der Waals surface area contributed by atoms with Crippen LogP contribution in [0.15, 0.2) is 48.7 Å². The number of aromatic nitrogens is 1. The van der Waals surface area contributed by atoms with E-state index in [0.717, 1.165) is 16.3 Å². The Labute approximate surface area is 253 Å². The third-order valence-electron chi connectivity index (χ3n) is 8.59. The molecular formula is C33H41BFN3O5. The van der Waals surface area contributed by atoms with E-state index in [9.17, 15) is 9.59 Å². The van der Waals surface area contributed by atoms with Gasteiger partial charge in [-0.3, -0.25) is 9.69 Å². The molecule has 8 nitrogen and oxygen atoms in total. The van der Waals surface area contributed by atoms with Gasteiger partial charge in [-0.15, -0.1) is 0 Å². The minimum atomic E-state index is -0.761. The Kier molecular flexibility index (Phi) is 8.07. The summed E-state index contributed by atoms with van der Waals surface area (Å²) in [5.41, 5.74) is -0.490. The lowest BCUT2D eigenvalue weighted by molar-refractivity contribution is 0.00578. The molecule has 0 saturated carbocycles. The van der Waals surface area contributed by atoms with Gasteiger partial charge in [0.25, 0.3) is 5.91 Å². The Morgan fingerprint density at radius 2 is 1.79 bits per heavy atom. The molecule has 2 fully saturated rings. The summed E-state index contributed by atoms with van der Waals surface area (Å²) in [4.78, 5) is 35.3. The lowest BCUT2D eigenvalue weighted by atomic mass is 9.78. The first-order valence-corrected chi connectivity index (χ1v) is 14.9. The van der Waals surface area contributed by atoms with E-state index >= 15 is 4.39 Å². The molecule has 0 spiro atoms. The van der Waals surface area contributed by atoms with Crippen molar-refractivity contribution in [3.05, 3.63) is 65.6 Å². The minimum absolute atomic E-state index is 0.0953. The predicted molar refractivity (Wildman–Crippen MR) is 166 cm³/mol. The third kappa shape index (κ3) is 6.13. The topological polar surface area (TPSA) is 81.2 Å². The Hall–Kier alpha value is -3.50. The molecule has 0 aliphatic carbocycles. The second kappa shape index (κ2) is 11.2. The highest BCUT2D eigenvalue weighted by atomic mass is 19.1. The SMILES string of the molecule is Cc1cccc2ccnc(N(C(=O)c3ccc(B4OC(C)(C)C(C)(C)O4)cc3F)[C@@H]3CCCN(C(=O)OC(C)(C)C)C3)c12. The number of halogens is 1. The van der Waals surface area contributed by atoms with Gasteiger partial charge in [0.1, 0.15) is 17.2 Å². The number of piperidine rings is 1. The van der Waals surface area contributed by atoms with Gasteiger partial charge in [-0.1, -0.05) is 24.3 Å². The molecule has 2 saturated heterocycles. The van der Waals surface area contributed by atoms with E-state index in [-0.39, 0.29) is 12.1 Å². The highest BCUT2D eigenvalue weighted by Crippen LogP contribution is 2.37. The number of nitrogens with zero attached hydrogens (tertiary/aromatic N) is 3. The number of anilines is 1. The van der Waals surface area contributed by atoms with Crippen LogP contribution in [0.2, 0.25) is 0 Å². The molecule has 2 amide bonds. The van der Waals surface area contributed by atoms with E-state index in [4.69, 9.17) is 14.0 Å². The van der Waals surface area contributed by atoms with Gasteiger partial charge in [-0.05, 0) is 103 Å². The molecule has 3 heterocycles. The number of hydrogen-bond donors (Lipinski definition) is 0. The summed E-state index contributed by atoms with van der Waals surface area (Å²) in [6.45, 7) is 15.9. The van der Waals surface area contributed by atoms with Gasteiger partial charge in [0.2, 0.25) is 0 Å². The van der Waals surface area contributed by atoms with E-state index in [1.54, 1.807) is 22.1 Å². The zero-order valence-electron chi connectivity index (χ0n) is 26.4. The maximum atomic E-state index is 15.9. The highest BCUT2D eigenvalue weighted by molar-refractivity contribution is 6.62. The average molecular weight is 590 g/mol. The van der Waals surface area contributed by atoms with Crippen molar-refractivity contribution in [1.82, 2.24) is 9.88 Å². The van der Waals surface area contributed by atoms with Crippen LogP contribution < -0.4 is 10.4 Å². The van der Waals surface area contributed by atoms with Crippen molar-refractivity contribution < 1.29 is 28.0 Å². The van der Waals surface area contributed by atoms with Crippen molar-refractivity contribution in [3.63, 3.8) is 0 Å². The van der Waals surface area contributed by atoms with E-state index in [1.807, 2.05) is 79.7 Å². The molecule has 1 aromatic heterocycles. The van der Waals surface area contributed by atoms with Gasteiger partial charge >= 0.3 is 13.2 Å². The number of pyridine rings is 1. The number of aryl methyl sites for hydroxylation is 1. The predicted octanol–water partition coefficient (Wildman–Crippen LogP) is 6.03. The molecule has 3 aromatic rings. The zero-order valence-corrected chi connectivity index (χ0v) is 26.4. The van der Waals surface area contributed by atoms with Gasteiger partial charge in [0.05, 0.1) is 22.8 Å². The van der Waals surface area contributed by atoms with Crippen molar-refractivity contribution in [1.29, 1.82) is 0 Å². The van der Waals surface area contributed by atoms with Crippen molar-refractivity contribution in [2.45, 2.75) is 91.1 Å². The van der Waals surface area contributed by atoms with Gasteiger partial charge < -0.3 is 18.9 Å². The van der Waals surface area contributed by atoms with Gasteiger partial charge in [-0.2, -0.15) is 0 Å². The molecule has 2 aliphatic rings. The molecule has 2 aliphatic heterocycles. The summed E-state index contributed by atoms with van der Waals surface area (Å²) in [5.74, 6) is -0.776. The number of ether oxygens (including phenoxy) is 1. The average Bonchev–Trinajstić information content (AvgIpc) is 3.14. The Bertz CT molecular complexity index is 1530. The molecule has 0 radical (unpaired) electrons. The third-order valence-corrected chi connectivity index (χ3v) is 8.59. The fourth-order valence-electron chi connectivity index (χ4n) is 5.62. The minimum Gasteiger partial charge on any atom is -0.444 e. The maximum absolute atomic E-state index is 15.9. The van der Waals surface area contributed by atoms with Crippen LogP contribution in [-0.4, -0.2) is 64.9 Å². The van der Waals surface area contributed by atoms with Crippen LogP contribution in [0, 0.1) is 12.7 Å². The summed E-state index contributed by atoms with van der Waals surface area (Å²) in [5, 5.41) is 1.72. The van der Waals surface area contributed by atoms with Crippen LogP contribution in [0.25, 0.3) is 10.8 Å². The van der Waals surface area contributed by atoms with Crippen LogP contribution in [0.5, 0.6) is 0 Å². The van der Waals surface area contributed by atoms with Crippen LogP contribution in [0.1, 0.15) is 77.2 Å². The maximum Gasteiger partial charge on any atom is 0.494 e. The summed E-state index contributed by atoms with van der Waals surface area (Å²) in [6, 6.07) is 11.8. The summed E-state index contributed by atoms with van der Waals surface area (Å²) in [7, 11) is -0.761. The summed E-state index contributed by atoms with van der Waals surface area (Å²) >= 11 is 0. The largest absolute Gasteiger partial charge is 0.494 e. The Balaban J connectivity index is 1.54. The monoisotopic (exact) mass is 589 g/mol. The van der Waals surface area contributed by atoms with Crippen molar-refractivity contribution in [3.8, 4) is 0 Å². The van der Waals surface area contributed by atoms with E-state index in [1.165, 1.54) is 12.1 Å². The molecule has 0 N–H and O–H groups in total. The summed E-state index contributed by atoms with van der Waals surface area (Å²) in [6.07, 6.45) is 2.48. The molecular weight excluding hydrogens is 548 g/mol. The fourth-order valence-corrected chi connectivity index (χ4v) is 5.62. The van der Waals surface area contributed by atoms with Crippen molar-refractivity contribution in [2.75, 3.05) is 18.0 Å². The van der Waals surface area contributed by atoms with Gasteiger partial charge in [-0.25, -0.2) is 14.2 Å². The quantitative estimate of drug-likeness (QED) is 0.346. The van der Waals surface area contributed by atoms with Crippen molar-refractivity contribution >= 4 is 41.2 Å². The van der Waals surface area contributed by atoms with Crippen LogP contribution >= 0.6 is 0 Å². The standard InChI is InChI=1S/C33H41BFN3O5/c1-21-11-9-12-22-16-17-36-28(27(21)22)38(24-13-10-18-37(20-24)30(40)41-31(2,3)4)29(39)25-15-14-23(19-26(25)35)34-42-32(5,6)33(7,8)43-34/h9,11-12,14-17,19,24H,10,13,18,20H2,1-8H3/t24-/m1/s1. The molecule has 0 unspecified atom stereocenters. The van der Waals surface area contributed by atoms with Gasteiger partial charge in [0, 0.05) is 24.7 Å². The number of carbonyl (C=O) groups is 2. The zero-order chi connectivity index (χ0) is 31.3. The highest BCUT2D eigenvalue weighted by Gasteiger charge is 2.52. The Morgan fingerprint density at radius 1 is 1.09 bits per heavy atom. The van der Waals surface area contributed by atoms with Crippen LogP contribution in [-0.2, 0) is 14.0 Å². The summed E-state index contributed by atoms with van der Waals surface area (Å²) < 4.78 is 33.8. The van der Waals surface area contributed by atoms with Gasteiger partial charge in [0.15, 0.2) is 0 Å². The first-order valence-electron chi connectivity index (χ1n) is 14.9. The second-order valence-electron chi connectivity index (χ2n) is 13.5. The number of rotatable bonds is 4. The Morgan fingerprint density at radius 3 is 2.44 bits per heavy atom. The van der Waals surface area contributed by atoms with Crippen LogP contribution in [0.4, 0.5) is 15.0 Å². The second-order valence-corrected chi connectivity index (χ2v) is 13.5. The normalized spacial score (nSPS) is 19.9. The number of likely N-dealkylation sites (tertiary alicyclic amines) is 1. The van der Waals surface area contributed by atoms with E-state index in [0.29, 0.717) is 30.7 Å². The fraction of sp³-hybridized carbons (Fsp3) is 0.485. The molecule has 10 heteroatoms. The smallest absolute Gasteiger partial charge is 0.444 e. The molecule has 228 valence electrons. The lowest BCUT2D eigenvalue weighted by Gasteiger charge is -2.39. The van der Waals surface area contributed by atoms with Crippen LogP contribution in [0.3, 0.4) is 0 Å². The number of hydrogen-bond acceptors (Lipinski definition) is 6. The van der Waals surface area contributed by atoms with E-state index in [2.05, 4.69) is 4.98 Å². The molecule has 0 bridgehead atoms. The molecule has 43 heavy (non-hydrogen) atoms. The lowest BCUT2D eigenvalue weighted by Crippen LogP contribution is -2.53. The number of carbonyl (C=O) groups excluding carboxylic acids is 2. The first kappa shape index (κ1) is 30.9. The number of fused-ring (bicyclic) bond motifs is 1. The van der Waals surface area contributed by atoms with Crippen molar-refractivity contribution in [2.24, 2.45) is 0 Å². The number of amides is 2. The first-order chi connectivity index (χ1) is 20.1. The molecule has 5 rings (SSSR count).